The average molecular weight is 517 g/mol. The SMILES string of the molecule is CS(=O)(=O)CCNCc1ccc(N2C=Cc3cncc(Nc4ccc(Oc5ccccc5)cc4)c3C2)o1. The summed E-state index contributed by atoms with van der Waals surface area (Å²) in [7, 11) is -2.99. The van der Waals surface area contributed by atoms with Crippen molar-refractivity contribution in [1.82, 2.24) is 10.3 Å². The second-order valence-electron chi connectivity index (χ2n) is 8.81. The third-order valence-electron chi connectivity index (χ3n) is 5.84. The highest BCUT2D eigenvalue weighted by Gasteiger charge is 2.18. The van der Waals surface area contributed by atoms with Gasteiger partial charge in [0, 0.05) is 48.1 Å². The van der Waals surface area contributed by atoms with Gasteiger partial charge in [-0.25, -0.2) is 8.42 Å². The van der Waals surface area contributed by atoms with E-state index in [9.17, 15) is 8.42 Å². The lowest BCUT2D eigenvalue weighted by Crippen LogP contribution is -2.22. The van der Waals surface area contributed by atoms with E-state index in [2.05, 4.69) is 15.6 Å². The maximum atomic E-state index is 11.3. The maximum Gasteiger partial charge on any atom is 0.199 e. The fourth-order valence-electron chi connectivity index (χ4n) is 3.95. The summed E-state index contributed by atoms with van der Waals surface area (Å²) < 4.78 is 34.5. The van der Waals surface area contributed by atoms with Crippen LogP contribution in [0.2, 0.25) is 0 Å². The molecule has 0 atom stereocenters. The molecule has 0 unspecified atom stereocenters. The first kappa shape index (κ1) is 24.6. The van der Waals surface area contributed by atoms with Crippen molar-refractivity contribution in [3.63, 3.8) is 0 Å². The Labute approximate surface area is 216 Å². The van der Waals surface area contributed by atoms with Gasteiger partial charge in [-0.05, 0) is 48.5 Å². The minimum absolute atomic E-state index is 0.0960. The Kier molecular flexibility index (Phi) is 7.25. The molecule has 8 nitrogen and oxygen atoms in total. The monoisotopic (exact) mass is 516 g/mol. The molecule has 0 radical (unpaired) electrons. The summed E-state index contributed by atoms with van der Waals surface area (Å²) in [6.45, 7) is 1.46. The van der Waals surface area contributed by atoms with E-state index in [0.29, 0.717) is 25.5 Å². The molecule has 0 fully saturated rings. The molecule has 9 heteroatoms. The average Bonchev–Trinajstić information content (AvgIpc) is 3.37. The summed E-state index contributed by atoms with van der Waals surface area (Å²) >= 11 is 0. The van der Waals surface area contributed by atoms with Crippen LogP contribution in [0.3, 0.4) is 0 Å². The van der Waals surface area contributed by atoms with Crippen LogP contribution in [0.4, 0.5) is 17.3 Å². The number of anilines is 3. The Bertz CT molecular complexity index is 1480. The lowest BCUT2D eigenvalue weighted by Gasteiger charge is -2.25. The van der Waals surface area contributed by atoms with Gasteiger partial charge in [0.15, 0.2) is 5.88 Å². The third-order valence-corrected chi connectivity index (χ3v) is 6.79. The van der Waals surface area contributed by atoms with Gasteiger partial charge in [0.2, 0.25) is 0 Å². The van der Waals surface area contributed by atoms with Crippen LogP contribution in [-0.2, 0) is 22.9 Å². The molecule has 2 aromatic carbocycles. The molecule has 0 saturated heterocycles. The predicted octanol–water partition coefficient (Wildman–Crippen LogP) is 5.34. The van der Waals surface area contributed by atoms with Gasteiger partial charge in [-0.3, -0.25) is 4.98 Å². The van der Waals surface area contributed by atoms with E-state index in [1.165, 1.54) is 6.26 Å². The van der Waals surface area contributed by atoms with Crippen molar-refractivity contribution in [3.05, 3.63) is 102 Å². The Morgan fingerprint density at radius 1 is 1.00 bits per heavy atom. The van der Waals surface area contributed by atoms with E-state index in [-0.39, 0.29) is 5.75 Å². The lowest BCUT2D eigenvalue weighted by atomic mass is 10.0. The zero-order chi connectivity index (χ0) is 25.7. The molecule has 2 N–H and O–H groups in total. The summed E-state index contributed by atoms with van der Waals surface area (Å²) in [4.78, 5) is 6.43. The molecule has 0 spiro atoms. The second kappa shape index (κ2) is 10.9. The minimum Gasteiger partial charge on any atom is -0.457 e. The van der Waals surface area contributed by atoms with Crippen LogP contribution < -0.4 is 20.3 Å². The van der Waals surface area contributed by atoms with Crippen LogP contribution >= 0.6 is 0 Å². The first-order valence-electron chi connectivity index (χ1n) is 11.9. The zero-order valence-corrected chi connectivity index (χ0v) is 21.2. The van der Waals surface area contributed by atoms with Crippen molar-refractivity contribution in [3.8, 4) is 11.5 Å². The lowest BCUT2D eigenvalue weighted by molar-refractivity contribution is 0.483. The van der Waals surface area contributed by atoms with Gasteiger partial charge in [-0.1, -0.05) is 18.2 Å². The van der Waals surface area contributed by atoms with Crippen LogP contribution in [0, 0.1) is 0 Å². The quantitative estimate of drug-likeness (QED) is 0.273. The van der Waals surface area contributed by atoms with E-state index >= 15 is 0 Å². The van der Waals surface area contributed by atoms with Crippen molar-refractivity contribution in [2.24, 2.45) is 0 Å². The number of furan rings is 1. The number of pyridine rings is 1. The van der Waals surface area contributed by atoms with Crippen molar-refractivity contribution in [1.29, 1.82) is 0 Å². The molecule has 0 saturated carbocycles. The molecule has 190 valence electrons. The van der Waals surface area contributed by atoms with E-state index in [1.54, 1.807) is 0 Å². The van der Waals surface area contributed by atoms with Gasteiger partial charge in [-0.2, -0.15) is 0 Å². The maximum absolute atomic E-state index is 11.3. The largest absolute Gasteiger partial charge is 0.457 e. The number of benzene rings is 2. The fourth-order valence-corrected chi connectivity index (χ4v) is 4.46. The Balaban J connectivity index is 1.23. The highest BCUT2D eigenvalue weighted by atomic mass is 32.2. The van der Waals surface area contributed by atoms with Gasteiger partial charge < -0.3 is 24.7 Å². The topological polar surface area (TPSA) is 96.7 Å². The Morgan fingerprint density at radius 2 is 1.78 bits per heavy atom. The first-order valence-corrected chi connectivity index (χ1v) is 14.0. The molecule has 1 aliphatic rings. The Morgan fingerprint density at radius 3 is 2.57 bits per heavy atom. The highest BCUT2D eigenvalue weighted by molar-refractivity contribution is 7.90. The van der Waals surface area contributed by atoms with Gasteiger partial charge in [0.25, 0.3) is 0 Å². The third kappa shape index (κ3) is 6.58. The highest BCUT2D eigenvalue weighted by Crippen LogP contribution is 2.32. The number of ether oxygens (including phenoxy) is 1. The number of sulfone groups is 1. The van der Waals surface area contributed by atoms with E-state index < -0.39 is 9.84 Å². The molecule has 2 aromatic heterocycles. The van der Waals surface area contributed by atoms with Crippen LogP contribution in [0.1, 0.15) is 16.9 Å². The summed E-state index contributed by atoms with van der Waals surface area (Å²) in [5.74, 6) is 3.11. The summed E-state index contributed by atoms with van der Waals surface area (Å²) in [6, 6.07) is 21.3. The fraction of sp³-hybridized carbons (Fsp3) is 0.179. The zero-order valence-electron chi connectivity index (χ0n) is 20.4. The Hall–Kier alpha value is -4.08. The van der Waals surface area contributed by atoms with Crippen LogP contribution in [0.25, 0.3) is 6.08 Å². The van der Waals surface area contributed by atoms with Crippen LogP contribution in [0.5, 0.6) is 11.5 Å². The number of rotatable bonds is 10. The van der Waals surface area contributed by atoms with Gasteiger partial charge >= 0.3 is 0 Å². The summed E-state index contributed by atoms with van der Waals surface area (Å²) in [5, 5.41) is 6.59. The normalized spacial score (nSPS) is 12.8. The number of nitrogens with zero attached hydrogens (tertiary/aromatic N) is 2. The summed E-state index contributed by atoms with van der Waals surface area (Å²) in [5.41, 5.74) is 3.99. The van der Waals surface area contributed by atoms with Gasteiger partial charge in [0.1, 0.15) is 27.1 Å². The standard InChI is InChI=1S/C28H28N4O4S/c1-37(33,34)16-14-29-18-25-11-12-28(36-25)32-15-13-21-17-30-19-27(26(21)20-32)31-22-7-9-24(10-8-22)35-23-5-3-2-4-6-23/h2-13,15,17,19,29,31H,14,16,18,20H2,1H3. The van der Waals surface area contributed by atoms with Gasteiger partial charge in [-0.15, -0.1) is 0 Å². The van der Waals surface area contributed by atoms with Crippen molar-refractivity contribution in [2.45, 2.75) is 13.1 Å². The van der Waals surface area contributed by atoms with E-state index in [0.717, 1.165) is 39.8 Å². The van der Waals surface area contributed by atoms with Gasteiger partial charge in [0.05, 0.1) is 30.7 Å². The molecule has 4 aromatic rings. The number of hydrogen-bond acceptors (Lipinski definition) is 8. The number of nitrogens with one attached hydrogen (secondary N) is 2. The molecular formula is C28H28N4O4S. The van der Waals surface area contributed by atoms with Crippen molar-refractivity contribution in [2.75, 3.05) is 28.8 Å². The smallest absolute Gasteiger partial charge is 0.199 e. The van der Waals surface area contributed by atoms with Crippen LogP contribution in [-0.4, -0.2) is 32.0 Å². The molecule has 5 rings (SSSR count). The molecule has 1 aliphatic heterocycles. The number of fused-ring (bicyclic) bond motifs is 1. The summed E-state index contributed by atoms with van der Waals surface area (Å²) in [6.07, 6.45) is 8.89. The molecular weight excluding hydrogens is 488 g/mol. The van der Waals surface area contributed by atoms with Crippen LogP contribution in [0.15, 0.2) is 89.7 Å². The van der Waals surface area contributed by atoms with E-state index in [4.69, 9.17) is 9.15 Å². The van der Waals surface area contributed by atoms with E-state index in [1.807, 2.05) is 96.3 Å². The molecule has 0 bridgehead atoms. The van der Waals surface area contributed by atoms with Crippen molar-refractivity contribution < 1.29 is 17.6 Å². The molecule has 0 aliphatic carbocycles. The minimum atomic E-state index is -2.99. The molecule has 0 amide bonds. The number of hydrogen-bond donors (Lipinski definition) is 2. The number of aromatic nitrogens is 1. The predicted molar refractivity (Wildman–Crippen MR) is 146 cm³/mol. The van der Waals surface area contributed by atoms with Crippen molar-refractivity contribution >= 4 is 33.2 Å². The number of para-hydroxylation sites is 1. The second-order valence-corrected chi connectivity index (χ2v) is 11.1. The first-order chi connectivity index (χ1) is 17.9. The molecule has 3 heterocycles. The molecule has 37 heavy (non-hydrogen) atoms.